The van der Waals surface area contributed by atoms with Crippen molar-refractivity contribution in [1.82, 2.24) is 10.3 Å². The Hall–Kier alpha value is -2.86. The van der Waals surface area contributed by atoms with E-state index < -0.39 is 0 Å². The van der Waals surface area contributed by atoms with E-state index in [9.17, 15) is 4.79 Å². The van der Waals surface area contributed by atoms with E-state index in [1.54, 1.807) is 11.3 Å². The van der Waals surface area contributed by atoms with Crippen LogP contribution in [0.5, 0.6) is 11.5 Å². The summed E-state index contributed by atoms with van der Waals surface area (Å²) in [6.45, 7) is 4.02. The Labute approximate surface area is 205 Å². The van der Waals surface area contributed by atoms with E-state index in [0.29, 0.717) is 6.42 Å². The molecule has 1 saturated carbocycles. The molecular weight excluding hydrogens is 444 g/mol. The maximum Gasteiger partial charge on any atom is 0.226 e. The summed E-state index contributed by atoms with van der Waals surface area (Å²) >= 11 is 1.65. The summed E-state index contributed by atoms with van der Waals surface area (Å²) in [6, 6.07) is 16.9. The number of carbonyl (C=O) groups is 1. The lowest BCUT2D eigenvalue weighted by Gasteiger charge is -2.30. The zero-order valence-electron chi connectivity index (χ0n) is 19.9. The number of benzene rings is 2. The van der Waals surface area contributed by atoms with Crippen molar-refractivity contribution in [3.8, 4) is 11.5 Å². The fraction of sp³-hybridized carbons (Fsp3) is 0.429. The van der Waals surface area contributed by atoms with Crippen molar-refractivity contribution < 1.29 is 14.3 Å². The van der Waals surface area contributed by atoms with Crippen LogP contribution < -0.4 is 14.8 Å². The predicted molar refractivity (Wildman–Crippen MR) is 135 cm³/mol. The van der Waals surface area contributed by atoms with E-state index >= 15 is 0 Å². The van der Waals surface area contributed by atoms with Crippen LogP contribution in [0.25, 0.3) is 0 Å². The molecule has 1 N–H and O–H groups in total. The Bertz CT molecular complexity index is 1140. The molecule has 3 aromatic rings. The number of thiazole rings is 1. The van der Waals surface area contributed by atoms with Gasteiger partial charge in [0, 0.05) is 10.9 Å². The molecule has 1 aliphatic carbocycles. The van der Waals surface area contributed by atoms with E-state index in [-0.39, 0.29) is 24.2 Å². The summed E-state index contributed by atoms with van der Waals surface area (Å²) in [7, 11) is 0. The van der Waals surface area contributed by atoms with Crippen molar-refractivity contribution in [2.24, 2.45) is 0 Å². The number of aromatic nitrogens is 1. The minimum atomic E-state index is 0.0706. The van der Waals surface area contributed by atoms with Crippen LogP contribution in [0.15, 0.2) is 48.5 Å². The lowest BCUT2D eigenvalue weighted by atomic mass is 9.92. The Kier molecular flexibility index (Phi) is 6.86. The maximum absolute atomic E-state index is 12.5. The highest BCUT2D eigenvalue weighted by Crippen LogP contribution is 2.37. The van der Waals surface area contributed by atoms with Gasteiger partial charge in [0.15, 0.2) is 0 Å². The standard InChI is InChI=1S/C28H32N2O3S/c1-18-25(29-19(2)34-18)17-28(31)30-22-9-11-23(12-10-22)32-24-13-15-27-21(16-24)8-14-26(33-27)20-6-4-3-5-7-20/h3-7,13,15-16,22-23,26H,8-12,14,17H2,1-2H3,(H,30,31)/t22-,23-,26?. The van der Waals surface area contributed by atoms with Gasteiger partial charge in [-0.15, -0.1) is 11.3 Å². The summed E-state index contributed by atoms with van der Waals surface area (Å²) in [5.74, 6) is 1.95. The fourth-order valence-electron chi connectivity index (χ4n) is 5.02. The minimum Gasteiger partial charge on any atom is -0.490 e. The summed E-state index contributed by atoms with van der Waals surface area (Å²) < 4.78 is 12.6. The number of amides is 1. The van der Waals surface area contributed by atoms with E-state index in [1.807, 2.05) is 32.0 Å². The van der Waals surface area contributed by atoms with Gasteiger partial charge in [-0.2, -0.15) is 0 Å². The maximum atomic E-state index is 12.5. The number of fused-ring (bicyclic) bond motifs is 1. The minimum absolute atomic E-state index is 0.0706. The van der Waals surface area contributed by atoms with E-state index in [2.05, 4.69) is 40.6 Å². The van der Waals surface area contributed by atoms with Gasteiger partial charge < -0.3 is 14.8 Å². The van der Waals surface area contributed by atoms with Crippen molar-refractivity contribution in [2.75, 3.05) is 0 Å². The Morgan fingerprint density at radius 3 is 2.62 bits per heavy atom. The molecule has 1 aromatic heterocycles. The van der Waals surface area contributed by atoms with Gasteiger partial charge in [-0.05, 0) is 81.7 Å². The van der Waals surface area contributed by atoms with Crippen LogP contribution in [0.4, 0.5) is 0 Å². The van der Waals surface area contributed by atoms with E-state index in [4.69, 9.17) is 9.47 Å². The third-order valence-corrected chi connectivity index (χ3v) is 7.75. The molecule has 178 valence electrons. The Balaban J connectivity index is 1.10. The number of ether oxygens (including phenoxy) is 2. The molecule has 2 heterocycles. The van der Waals surface area contributed by atoms with Gasteiger partial charge in [-0.25, -0.2) is 4.98 Å². The molecule has 1 atom stereocenters. The van der Waals surface area contributed by atoms with Crippen LogP contribution >= 0.6 is 11.3 Å². The fourth-order valence-corrected chi connectivity index (χ4v) is 5.86. The first-order valence-electron chi connectivity index (χ1n) is 12.3. The number of hydrogen-bond acceptors (Lipinski definition) is 5. The number of nitrogens with zero attached hydrogens (tertiary/aromatic N) is 1. The second-order valence-electron chi connectivity index (χ2n) is 9.40. The summed E-state index contributed by atoms with van der Waals surface area (Å²) in [5.41, 5.74) is 3.36. The molecule has 5 nitrogen and oxygen atoms in total. The molecule has 5 rings (SSSR count). The SMILES string of the molecule is Cc1nc(CC(=O)N[C@H]2CC[C@H](Oc3ccc4c(c3)CCC(c3ccccc3)O4)CC2)c(C)s1. The lowest BCUT2D eigenvalue weighted by molar-refractivity contribution is -0.121. The normalized spacial score (nSPS) is 21.9. The third-order valence-electron chi connectivity index (χ3n) is 6.82. The van der Waals surface area contributed by atoms with Crippen molar-refractivity contribution in [1.29, 1.82) is 0 Å². The van der Waals surface area contributed by atoms with Crippen molar-refractivity contribution >= 4 is 17.2 Å². The summed E-state index contributed by atoms with van der Waals surface area (Å²) in [6.07, 6.45) is 6.43. The topological polar surface area (TPSA) is 60.5 Å². The molecule has 2 aliphatic rings. The highest BCUT2D eigenvalue weighted by atomic mass is 32.1. The average Bonchev–Trinajstić information content (AvgIpc) is 3.16. The van der Waals surface area contributed by atoms with Gasteiger partial charge >= 0.3 is 0 Å². The van der Waals surface area contributed by atoms with Gasteiger partial charge in [0.1, 0.15) is 17.6 Å². The largest absolute Gasteiger partial charge is 0.490 e. The quantitative estimate of drug-likeness (QED) is 0.483. The van der Waals surface area contributed by atoms with Crippen LogP contribution in [0.2, 0.25) is 0 Å². The van der Waals surface area contributed by atoms with Gasteiger partial charge in [-0.1, -0.05) is 30.3 Å². The van der Waals surface area contributed by atoms with Crippen LogP contribution in [-0.2, 0) is 17.6 Å². The van der Waals surface area contributed by atoms with Gasteiger partial charge in [0.05, 0.1) is 23.2 Å². The molecule has 1 unspecified atom stereocenters. The third kappa shape index (κ3) is 5.44. The first-order valence-corrected chi connectivity index (χ1v) is 13.1. The molecule has 34 heavy (non-hydrogen) atoms. The molecule has 0 radical (unpaired) electrons. The van der Waals surface area contributed by atoms with Gasteiger partial charge in [-0.3, -0.25) is 4.79 Å². The second kappa shape index (κ2) is 10.2. The predicted octanol–water partition coefficient (Wildman–Crippen LogP) is 5.88. The van der Waals surface area contributed by atoms with Crippen LogP contribution in [0, 0.1) is 13.8 Å². The lowest BCUT2D eigenvalue weighted by Crippen LogP contribution is -2.40. The molecule has 6 heteroatoms. The van der Waals surface area contributed by atoms with Crippen LogP contribution in [-0.4, -0.2) is 23.0 Å². The monoisotopic (exact) mass is 476 g/mol. The second-order valence-corrected chi connectivity index (χ2v) is 10.8. The number of hydrogen-bond donors (Lipinski definition) is 1. The zero-order valence-corrected chi connectivity index (χ0v) is 20.7. The van der Waals surface area contributed by atoms with Crippen LogP contribution in [0.3, 0.4) is 0 Å². The molecule has 0 spiro atoms. The highest BCUT2D eigenvalue weighted by molar-refractivity contribution is 7.11. The molecule has 0 bridgehead atoms. The van der Waals surface area contributed by atoms with E-state index in [1.165, 1.54) is 11.1 Å². The van der Waals surface area contributed by atoms with Crippen LogP contribution in [0.1, 0.15) is 64.9 Å². The smallest absolute Gasteiger partial charge is 0.226 e. The Morgan fingerprint density at radius 2 is 1.88 bits per heavy atom. The average molecular weight is 477 g/mol. The van der Waals surface area contributed by atoms with Gasteiger partial charge in [0.25, 0.3) is 0 Å². The zero-order chi connectivity index (χ0) is 23.5. The Morgan fingerprint density at radius 1 is 1.09 bits per heavy atom. The molecule has 1 fully saturated rings. The van der Waals surface area contributed by atoms with Gasteiger partial charge in [0.2, 0.25) is 5.91 Å². The molecule has 2 aromatic carbocycles. The van der Waals surface area contributed by atoms with Crippen molar-refractivity contribution in [3.63, 3.8) is 0 Å². The number of aryl methyl sites for hydroxylation is 3. The van der Waals surface area contributed by atoms with Crippen molar-refractivity contribution in [3.05, 3.63) is 75.2 Å². The molecule has 0 saturated heterocycles. The number of nitrogens with one attached hydrogen (secondary N) is 1. The number of rotatable bonds is 6. The highest BCUT2D eigenvalue weighted by Gasteiger charge is 2.25. The molecule has 1 amide bonds. The summed E-state index contributed by atoms with van der Waals surface area (Å²) in [5, 5.41) is 4.22. The summed E-state index contributed by atoms with van der Waals surface area (Å²) in [4.78, 5) is 18.1. The first kappa shape index (κ1) is 22.9. The first-order chi connectivity index (χ1) is 16.5. The molecular formula is C28H32N2O3S. The molecule has 1 aliphatic heterocycles. The van der Waals surface area contributed by atoms with E-state index in [0.717, 1.165) is 65.6 Å². The van der Waals surface area contributed by atoms with Crippen molar-refractivity contribution in [2.45, 2.75) is 77.0 Å². The number of carbonyl (C=O) groups excluding carboxylic acids is 1.